The topological polar surface area (TPSA) is 17.1 Å². The Morgan fingerprint density at radius 2 is 1.33 bits per heavy atom. The van der Waals surface area contributed by atoms with Gasteiger partial charge >= 0.3 is 132 Å². The summed E-state index contributed by atoms with van der Waals surface area (Å²) in [7, 11) is 0. The molecule has 0 unspecified atom stereocenters. The van der Waals surface area contributed by atoms with Crippen molar-refractivity contribution in [3.8, 4) is 0 Å². The van der Waals surface area contributed by atoms with E-state index in [1.807, 2.05) is 0 Å². The number of unbranched alkanes of at least 4 members (excludes halogenated alkanes) is 3. The molecule has 0 saturated carbocycles. The van der Waals surface area contributed by atoms with Gasteiger partial charge < -0.3 is 0 Å². The van der Waals surface area contributed by atoms with Crippen molar-refractivity contribution < 1.29 is 4.79 Å². The second-order valence-electron chi connectivity index (χ2n) is 5.32. The Kier molecular flexibility index (Phi) is 12.4. The molecule has 18 heavy (non-hydrogen) atoms. The summed E-state index contributed by atoms with van der Waals surface area (Å²) in [5.41, 5.74) is 0. The molecule has 0 heterocycles. The van der Waals surface area contributed by atoms with Gasteiger partial charge in [-0.05, 0) is 0 Å². The van der Waals surface area contributed by atoms with Crippen molar-refractivity contribution in [3.05, 3.63) is 7.67 Å². The normalized spacial score (nSPS) is 12.8. The molecule has 0 atom stereocenters. The van der Waals surface area contributed by atoms with Gasteiger partial charge in [-0.1, -0.05) is 0 Å². The van der Waals surface area contributed by atoms with Gasteiger partial charge in [0, 0.05) is 0 Å². The fraction of sp³-hybridized carbons (Fsp3) is 0.800. The number of aldehydes is 1. The standard InChI is InChI=1S/3C4H9.C3H2IO.Sn/c3*1-3-4-2;1-3(4)2-5;/h3*1,3-4H2,2H3;1-2H;. The molecule has 0 N–H and O–H groups in total. The maximum atomic E-state index is 11.0. The molecule has 3 heteroatoms. The monoisotopic (exact) mass is 472 g/mol. The van der Waals surface area contributed by atoms with E-state index in [0.29, 0.717) is 0 Å². The van der Waals surface area contributed by atoms with Crippen LogP contribution in [0.25, 0.3) is 0 Å². The molecule has 0 bridgehead atoms. The summed E-state index contributed by atoms with van der Waals surface area (Å²) in [6, 6.07) is 0. The number of carbonyl (C=O) groups excluding carboxylic acids is 1. The Bertz CT molecular complexity index is 229. The third kappa shape index (κ3) is 8.18. The number of carbonyl (C=O) groups is 1. The third-order valence-electron chi connectivity index (χ3n) is 3.64. The van der Waals surface area contributed by atoms with E-state index in [4.69, 9.17) is 0 Å². The van der Waals surface area contributed by atoms with Crippen LogP contribution in [0.15, 0.2) is 7.67 Å². The fourth-order valence-corrected chi connectivity index (χ4v) is 21.2. The van der Waals surface area contributed by atoms with Gasteiger partial charge in [-0.25, -0.2) is 0 Å². The Hall–Kier alpha value is 0.939. The summed E-state index contributed by atoms with van der Waals surface area (Å²) in [4.78, 5) is 11.0. The molecular formula is C15H29IOSn. The molecule has 0 aromatic heterocycles. The van der Waals surface area contributed by atoms with Crippen LogP contribution in [-0.4, -0.2) is 24.7 Å². The van der Waals surface area contributed by atoms with Gasteiger partial charge in [-0.3, -0.25) is 0 Å². The number of hydrogen-bond acceptors (Lipinski definition) is 1. The van der Waals surface area contributed by atoms with Crippen LogP contribution in [0.5, 0.6) is 0 Å². The maximum absolute atomic E-state index is 11.0. The zero-order valence-corrected chi connectivity index (χ0v) is 17.3. The molecule has 1 nitrogen and oxygen atoms in total. The van der Waals surface area contributed by atoms with E-state index in [1.165, 1.54) is 51.8 Å². The van der Waals surface area contributed by atoms with E-state index in [-0.39, 0.29) is 0 Å². The molecule has 106 valence electrons. The first-order chi connectivity index (χ1) is 8.64. The average Bonchev–Trinajstić information content (AvgIpc) is 2.40. The fourth-order valence-electron chi connectivity index (χ4n) is 2.50. The molecule has 0 aromatic carbocycles. The number of rotatable bonds is 11. The van der Waals surface area contributed by atoms with E-state index in [2.05, 4.69) is 47.5 Å². The van der Waals surface area contributed by atoms with Gasteiger partial charge in [0.2, 0.25) is 0 Å². The molecule has 0 aliphatic heterocycles. The second kappa shape index (κ2) is 11.7. The van der Waals surface area contributed by atoms with Crippen LogP contribution in [0, 0.1) is 0 Å². The first-order valence-electron chi connectivity index (χ1n) is 7.47. The molecule has 0 aliphatic rings. The number of hydrogen-bond donors (Lipinski definition) is 0. The number of halogens is 1. The van der Waals surface area contributed by atoms with Crippen LogP contribution >= 0.6 is 22.6 Å². The summed E-state index contributed by atoms with van der Waals surface area (Å²) in [5, 5.41) is 0. The molecule has 0 radical (unpaired) electrons. The van der Waals surface area contributed by atoms with Crippen LogP contribution in [0.3, 0.4) is 0 Å². The zero-order valence-electron chi connectivity index (χ0n) is 12.3. The van der Waals surface area contributed by atoms with Crippen LogP contribution in [-0.2, 0) is 4.79 Å². The Labute approximate surface area is 131 Å². The SMILES string of the molecule is CCC[CH2][Sn](/[CH]=C(\I)C=O)([CH2]CCC)[CH2]CCC. The van der Waals surface area contributed by atoms with Crippen molar-refractivity contribution in [3.63, 3.8) is 0 Å². The van der Waals surface area contributed by atoms with Crippen molar-refractivity contribution >= 4 is 47.3 Å². The van der Waals surface area contributed by atoms with Crippen molar-refractivity contribution in [1.29, 1.82) is 0 Å². The first-order valence-corrected chi connectivity index (χ1v) is 16.3. The molecular weight excluding hydrogens is 442 g/mol. The number of allylic oxidation sites excluding steroid dienone is 1. The third-order valence-corrected chi connectivity index (χ3v) is 20.1. The van der Waals surface area contributed by atoms with Gasteiger partial charge in [0.1, 0.15) is 0 Å². The zero-order chi connectivity index (χ0) is 13.9. The summed E-state index contributed by atoms with van der Waals surface area (Å²) < 4.78 is 7.80. The molecule has 0 amide bonds. The van der Waals surface area contributed by atoms with Crippen molar-refractivity contribution in [1.82, 2.24) is 0 Å². The van der Waals surface area contributed by atoms with Gasteiger partial charge in [-0.2, -0.15) is 0 Å². The van der Waals surface area contributed by atoms with E-state index in [9.17, 15) is 4.79 Å². The summed E-state index contributed by atoms with van der Waals surface area (Å²) >= 11 is 0.0585. The Balaban J connectivity index is 4.90. The van der Waals surface area contributed by atoms with Crippen molar-refractivity contribution in [2.24, 2.45) is 0 Å². The van der Waals surface area contributed by atoms with Crippen molar-refractivity contribution in [2.45, 2.75) is 72.6 Å². The molecule has 0 saturated heterocycles. The first kappa shape index (κ1) is 18.9. The quantitative estimate of drug-likeness (QED) is 0.159. The molecule has 0 aliphatic carbocycles. The summed E-state index contributed by atoms with van der Waals surface area (Å²) in [6.45, 7) is 6.85. The van der Waals surface area contributed by atoms with Crippen LogP contribution in [0.1, 0.15) is 59.3 Å². The van der Waals surface area contributed by atoms with E-state index >= 15 is 0 Å². The van der Waals surface area contributed by atoms with Crippen LogP contribution in [0.4, 0.5) is 0 Å². The predicted octanol–water partition coefficient (Wildman–Crippen LogP) is 5.89. The average molecular weight is 471 g/mol. The van der Waals surface area contributed by atoms with Gasteiger partial charge in [0.15, 0.2) is 0 Å². The summed E-state index contributed by atoms with van der Waals surface area (Å²) in [5.74, 6) is 0. The minimum absolute atomic E-state index is 0.978. The van der Waals surface area contributed by atoms with E-state index in [1.54, 1.807) is 0 Å². The summed E-state index contributed by atoms with van der Waals surface area (Å²) in [6.07, 6.45) is 9.03. The van der Waals surface area contributed by atoms with Gasteiger partial charge in [0.25, 0.3) is 0 Å². The van der Waals surface area contributed by atoms with Gasteiger partial charge in [0.05, 0.1) is 0 Å². The minimum atomic E-state index is -2.17. The molecule has 0 spiro atoms. The van der Waals surface area contributed by atoms with Gasteiger partial charge in [-0.15, -0.1) is 0 Å². The second-order valence-corrected chi connectivity index (χ2v) is 19.4. The van der Waals surface area contributed by atoms with E-state index < -0.39 is 18.4 Å². The van der Waals surface area contributed by atoms with Crippen LogP contribution in [0.2, 0.25) is 13.3 Å². The Morgan fingerprint density at radius 3 is 1.61 bits per heavy atom. The molecule has 0 fully saturated rings. The molecule has 0 aromatic rings. The predicted molar refractivity (Wildman–Crippen MR) is 93.1 cm³/mol. The van der Waals surface area contributed by atoms with E-state index in [0.717, 1.165) is 9.87 Å². The molecule has 0 rings (SSSR count). The van der Waals surface area contributed by atoms with Crippen LogP contribution < -0.4 is 0 Å². The van der Waals surface area contributed by atoms with Crippen molar-refractivity contribution in [2.75, 3.05) is 0 Å². The Morgan fingerprint density at radius 1 is 0.944 bits per heavy atom.